The van der Waals surface area contributed by atoms with Crippen LogP contribution in [0.5, 0.6) is 0 Å². The lowest BCUT2D eigenvalue weighted by Gasteiger charge is -2.06. The Morgan fingerprint density at radius 1 is 1.04 bits per heavy atom. The number of benzene rings is 2. The first-order valence-electron chi connectivity index (χ1n) is 8.86. The summed E-state index contributed by atoms with van der Waals surface area (Å²) >= 11 is 3.42. The molecule has 0 amide bonds. The van der Waals surface area contributed by atoms with Crippen molar-refractivity contribution in [3.05, 3.63) is 87.9 Å². The van der Waals surface area contributed by atoms with Gasteiger partial charge in [-0.15, -0.1) is 21.5 Å². The lowest BCUT2D eigenvalue weighted by atomic mass is 10.00. The first-order valence-corrected chi connectivity index (χ1v) is 10.7. The zero-order chi connectivity index (χ0) is 19.3. The second-order valence-electron chi connectivity index (χ2n) is 6.36. The molecule has 0 aliphatic heterocycles. The number of hydrogen-bond donors (Lipinski definition) is 0. The predicted octanol–water partition coefficient (Wildman–Crippen LogP) is 5.30. The van der Waals surface area contributed by atoms with E-state index in [2.05, 4.69) is 62.6 Å². The third-order valence-electron chi connectivity index (χ3n) is 4.52. The van der Waals surface area contributed by atoms with Gasteiger partial charge in [0.2, 0.25) is 0 Å². The Morgan fingerprint density at radius 3 is 2.61 bits per heavy atom. The molecule has 0 N–H and O–H groups in total. The van der Waals surface area contributed by atoms with E-state index in [-0.39, 0.29) is 0 Å². The Hall–Kier alpha value is -2.88. The van der Waals surface area contributed by atoms with Gasteiger partial charge in [-0.25, -0.2) is 0 Å². The average Bonchev–Trinajstić information content (AvgIpc) is 3.38. The van der Waals surface area contributed by atoms with Crippen molar-refractivity contribution in [1.82, 2.24) is 14.8 Å². The van der Waals surface area contributed by atoms with Gasteiger partial charge in [0.25, 0.3) is 0 Å². The fraction of sp³-hybridized carbons (Fsp3) is 0.136. The largest absolute Gasteiger partial charge is 0.309 e. The number of thioether (sulfide) groups is 1. The Morgan fingerprint density at radius 2 is 1.86 bits per heavy atom. The molecule has 6 heteroatoms. The SMILES string of the molecule is Cn1c(Cc2cccs2)nnc1SCc1ccc(-c2ccccc2C#N)cc1. The Labute approximate surface area is 172 Å². The molecule has 2 heterocycles. The van der Waals surface area contributed by atoms with Crippen molar-refractivity contribution in [3.63, 3.8) is 0 Å². The number of nitriles is 1. The van der Waals surface area contributed by atoms with E-state index < -0.39 is 0 Å². The molecule has 4 rings (SSSR count). The van der Waals surface area contributed by atoms with Crippen LogP contribution in [-0.4, -0.2) is 14.8 Å². The van der Waals surface area contributed by atoms with Crippen LogP contribution >= 0.6 is 23.1 Å². The van der Waals surface area contributed by atoms with Crippen LogP contribution in [0.2, 0.25) is 0 Å². The van der Waals surface area contributed by atoms with E-state index in [0.717, 1.165) is 34.3 Å². The molecule has 0 aliphatic rings. The van der Waals surface area contributed by atoms with Crippen molar-refractivity contribution < 1.29 is 0 Å². The standard InChI is InChI=1S/C22H18N4S2/c1-26-21(13-19-6-4-12-27-19)24-25-22(26)28-15-16-8-10-17(11-9-16)20-7-3-2-5-18(20)14-23/h2-12H,13,15H2,1H3. The second kappa shape index (κ2) is 8.42. The smallest absolute Gasteiger partial charge is 0.191 e. The molecule has 28 heavy (non-hydrogen) atoms. The fourth-order valence-corrected chi connectivity index (χ4v) is 4.54. The molecule has 0 saturated carbocycles. The molecular formula is C22H18N4S2. The Bertz CT molecular complexity index is 1110. The normalized spacial score (nSPS) is 10.7. The van der Waals surface area contributed by atoms with Gasteiger partial charge >= 0.3 is 0 Å². The highest BCUT2D eigenvalue weighted by Gasteiger charge is 2.11. The fourth-order valence-electron chi connectivity index (χ4n) is 2.95. The molecule has 0 spiro atoms. The van der Waals surface area contributed by atoms with E-state index in [1.807, 2.05) is 31.3 Å². The van der Waals surface area contributed by atoms with Gasteiger partial charge < -0.3 is 4.57 Å². The summed E-state index contributed by atoms with van der Waals surface area (Å²) in [5.74, 6) is 1.80. The van der Waals surface area contributed by atoms with Crippen LogP contribution < -0.4 is 0 Å². The minimum Gasteiger partial charge on any atom is -0.309 e. The van der Waals surface area contributed by atoms with Crippen molar-refractivity contribution in [2.75, 3.05) is 0 Å². The zero-order valence-corrected chi connectivity index (χ0v) is 17.0. The van der Waals surface area contributed by atoms with Gasteiger partial charge in [0.1, 0.15) is 5.82 Å². The van der Waals surface area contributed by atoms with E-state index in [9.17, 15) is 5.26 Å². The highest BCUT2D eigenvalue weighted by Crippen LogP contribution is 2.26. The summed E-state index contributed by atoms with van der Waals surface area (Å²) in [4.78, 5) is 1.29. The lowest BCUT2D eigenvalue weighted by Crippen LogP contribution is -1.99. The molecule has 0 radical (unpaired) electrons. The van der Waals surface area contributed by atoms with Crippen molar-refractivity contribution in [3.8, 4) is 17.2 Å². The summed E-state index contributed by atoms with van der Waals surface area (Å²) in [6.07, 6.45) is 0.814. The summed E-state index contributed by atoms with van der Waals surface area (Å²) in [7, 11) is 2.02. The quantitative estimate of drug-likeness (QED) is 0.411. The minimum absolute atomic E-state index is 0.696. The highest BCUT2D eigenvalue weighted by molar-refractivity contribution is 7.98. The summed E-state index contributed by atoms with van der Waals surface area (Å²) in [6.45, 7) is 0. The molecule has 0 aliphatic carbocycles. The topological polar surface area (TPSA) is 54.5 Å². The zero-order valence-electron chi connectivity index (χ0n) is 15.4. The summed E-state index contributed by atoms with van der Waals surface area (Å²) < 4.78 is 2.07. The number of hydrogen-bond acceptors (Lipinski definition) is 5. The van der Waals surface area contributed by atoms with Crippen molar-refractivity contribution >= 4 is 23.1 Å². The summed E-state index contributed by atoms with van der Waals surface area (Å²) in [5.41, 5.74) is 3.94. The molecule has 2 aromatic heterocycles. The van der Waals surface area contributed by atoms with Gasteiger partial charge in [-0.05, 0) is 34.2 Å². The van der Waals surface area contributed by atoms with Crippen LogP contribution in [0, 0.1) is 11.3 Å². The van der Waals surface area contributed by atoms with E-state index in [4.69, 9.17) is 0 Å². The molecule has 0 fully saturated rings. The molecule has 0 saturated heterocycles. The van der Waals surface area contributed by atoms with Gasteiger partial charge in [-0.2, -0.15) is 5.26 Å². The van der Waals surface area contributed by atoms with E-state index in [0.29, 0.717) is 5.56 Å². The number of aromatic nitrogens is 3. The molecular weight excluding hydrogens is 384 g/mol. The lowest BCUT2D eigenvalue weighted by molar-refractivity contribution is 0.751. The van der Waals surface area contributed by atoms with E-state index in [1.54, 1.807) is 23.1 Å². The molecule has 4 aromatic rings. The van der Waals surface area contributed by atoms with Gasteiger partial charge in [0.15, 0.2) is 5.16 Å². The molecule has 0 unspecified atom stereocenters. The minimum atomic E-state index is 0.696. The Balaban J connectivity index is 1.43. The number of rotatable bonds is 6. The van der Waals surface area contributed by atoms with Crippen LogP contribution in [0.4, 0.5) is 0 Å². The Kier molecular flexibility index (Phi) is 5.56. The maximum atomic E-state index is 9.29. The first kappa shape index (κ1) is 18.5. The second-order valence-corrected chi connectivity index (χ2v) is 8.33. The monoisotopic (exact) mass is 402 g/mol. The molecule has 0 bridgehead atoms. The van der Waals surface area contributed by atoms with Gasteiger partial charge in [0, 0.05) is 24.1 Å². The molecule has 2 aromatic carbocycles. The van der Waals surface area contributed by atoms with Crippen LogP contribution in [0.25, 0.3) is 11.1 Å². The van der Waals surface area contributed by atoms with Crippen molar-refractivity contribution in [1.29, 1.82) is 5.26 Å². The summed E-state index contributed by atoms with van der Waals surface area (Å²) in [6, 6.07) is 22.5. The van der Waals surface area contributed by atoms with Crippen LogP contribution in [0.15, 0.2) is 71.2 Å². The maximum Gasteiger partial charge on any atom is 0.191 e. The summed E-state index contributed by atoms with van der Waals surface area (Å²) in [5, 5.41) is 21.0. The van der Waals surface area contributed by atoms with Crippen LogP contribution in [-0.2, 0) is 19.2 Å². The third kappa shape index (κ3) is 4.01. The predicted molar refractivity (Wildman–Crippen MR) is 114 cm³/mol. The third-order valence-corrected chi connectivity index (χ3v) is 6.49. The van der Waals surface area contributed by atoms with Crippen molar-refractivity contribution in [2.24, 2.45) is 7.05 Å². The number of nitrogens with zero attached hydrogens (tertiary/aromatic N) is 4. The average molecular weight is 403 g/mol. The van der Waals surface area contributed by atoms with Crippen LogP contribution in [0.1, 0.15) is 21.8 Å². The number of thiophene rings is 1. The van der Waals surface area contributed by atoms with Gasteiger partial charge in [0.05, 0.1) is 11.6 Å². The highest BCUT2D eigenvalue weighted by atomic mass is 32.2. The molecule has 0 atom stereocenters. The first-order chi connectivity index (χ1) is 13.7. The molecule has 4 nitrogen and oxygen atoms in total. The van der Waals surface area contributed by atoms with Gasteiger partial charge in [-0.1, -0.05) is 60.3 Å². The maximum absolute atomic E-state index is 9.29. The van der Waals surface area contributed by atoms with Crippen molar-refractivity contribution in [2.45, 2.75) is 17.3 Å². The van der Waals surface area contributed by atoms with E-state index in [1.165, 1.54) is 10.4 Å². The van der Waals surface area contributed by atoms with Crippen LogP contribution in [0.3, 0.4) is 0 Å². The van der Waals surface area contributed by atoms with Gasteiger partial charge in [-0.3, -0.25) is 0 Å². The van der Waals surface area contributed by atoms with E-state index >= 15 is 0 Å². The molecule has 138 valence electrons.